The summed E-state index contributed by atoms with van der Waals surface area (Å²) in [5, 5.41) is 11.1. The number of allylic oxidation sites excluding steroid dienone is 1. The molecular weight excluding hydrogens is 340 g/mol. The van der Waals surface area contributed by atoms with Gasteiger partial charge in [-0.1, -0.05) is 12.7 Å². The number of esters is 3. The summed E-state index contributed by atoms with van der Waals surface area (Å²) in [6.07, 6.45) is 1.37. The van der Waals surface area contributed by atoms with Crippen LogP contribution in [0.4, 0.5) is 0 Å². The Morgan fingerprint density at radius 2 is 2.04 bits per heavy atom. The van der Waals surface area contributed by atoms with E-state index in [4.69, 9.17) is 14.2 Å². The van der Waals surface area contributed by atoms with Gasteiger partial charge in [0.2, 0.25) is 0 Å². The number of fused-ring (bicyclic) bond motifs is 3. The zero-order valence-electron chi connectivity index (χ0n) is 15.2. The normalized spacial score (nSPS) is 38.6. The molecule has 0 radical (unpaired) electrons. The van der Waals surface area contributed by atoms with Crippen LogP contribution in [0.25, 0.3) is 0 Å². The molecule has 7 nitrogen and oxygen atoms in total. The third kappa shape index (κ3) is 3.16. The second-order valence-corrected chi connectivity index (χ2v) is 7.56. The first-order valence-corrected chi connectivity index (χ1v) is 8.73. The van der Waals surface area contributed by atoms with Crippen molar-refractivity contribution >= 4 is 17.9 Å². The van der Waals surface area contributed by atoms with E-state index in [2.05, 4.69) is 6.58 Å². The van der Waals surface area contributed by atoms with Gasteiger partial charge in [-0.25, -0.2) is 4.79 Å². The molecule has 1 N–H and O–H groups in total. The molecule has 0 aromatic rings. The molecule has 142 valence electrons. The fourth-order valence-electron chi connectivity index (χ4n) is 4.59. The number of aliphatic hydroxyl groups is 1. The van der Waals surface area contributed by atoms with Gasteiger partial charge in [-0.2, -0.15) is 0 Å². The molecule has 6 atom stereocenters. The van der Waals surface area contributed by atoms with Crippen LogP contribution in [0, 0.1) is 17.8 Å². The molecule has 3 rings (SSSR count). The second kappa shape index (κ2) is 6.54. The van der Waals surface area contributed by atoms with Crippen molar-refractivity contribution in [3.05, 3.63) is 23.8 Å². The van der Waals surface area contributed by atoms with Crippen molar-refractivity contribution < 1.29 is 33.7 Å². The van der Waals surface area contributed by atoms with E-state index in [0.29, 0.717) is 6.42 Å². The summed E-state index contributed by atoms with van der Waals surface area (Å²) in [5.41, 5.74) is -0.0843. The van der Waals surface area contributed by atoms with Crippen molar-refractivity contribution in [2.45, 2.75) is 51.4 Å². The predicted octanol–water partition coefficient (Wildman–Crippen LogP) is 1.30. The van der Waals surface area contributed by atoms with Gasteiger partial charge in [-0.3, -0.25) is 9.59 Å². The third-order valence-electron chi connectivity index (χ3n) is 5.68. The molecule has 0 bridgehead atoms. The molecule has 3 aliphatic rings. The van der Waals surface area contributed by atoms with Gasteiger partial charge < -0.3 is 19.3 Å². The number of carbonyl (C=O) groups is 3. The fourth-order valence-corrected chi connectivity index (χ4v) is 4.59. The Bertz CT molecular complexity index is 690. The Kier molecular flexibility index (Phi) is 4.69. The zero-order valence-corrected chi connectivity index (χ0v) is 15.2. The predicted molar refractivity (Wildman–Crippen MR) is 89.6 cm³/mol. The van der Waals surface area contributed by atoms with Crippen LogP contribution in [0.15, 0.2) is 23.8 Å². The van der Waals surface area contributed by atoms with Gasteiger partial charge in [0, 0.05) is 37.7 Å². The van der Waals surface area contributed by atoms with Gasteiger partial charge in [0.25, 0.3) is 0 Å². The van der Waals surface area contributed by atoms with E-state index in [1.807, 2.05) is 6.08 Å². The van der Waals surface area contributed by atoms with Crippen LogP contribution in [0.3, 0.4) is 0 Å². The van der Waals surface area contributed by atoms with Crippen LogP contribution in [-0.2, 0) is 28.6 Å². The molecule has 0 amide bonds. The van der Waals surface area contributed by atoms with Crippen LogP contribution >= 0.6 is 0 Å². The van der Waals surface area contributed by atoms with Crippen molar-refractivity contribution in [1.82, 2.24) is 0 Å². The molecule has 26 heavy (non-hydrogen) atoms. The number of carbonyl (C=O) groups excluding carboxylic acids is 3. The summed E-state index contributed by atoms with van der Waals surface area (Å²) in [4.78, 5) is 35.0. The molecule has 1 saturated heterocycles. The van der Waals surface area contributed by atoms with Gasteiger partial charge in [0.1, 0.15) is 18.8 Å². The molecule has 1 heterocycles. The highest BCUT2D eigenvalue weighted by Crippen LogP contribution is 2.52. The van der Waals surface area contributed by atoms with E-state index in [0.717, 1.165) is 5.57 Å². The monoisotopic (exact) mass is 364 g/mol. The van der Waals surface area contributed by atoms with E-state index in [9.17, 15) is 19.5 Å². The van der Waals surface area contributed by atoms with Crippen LogP contribution in [0.1, 0.15) is 33.6 Å². The number of rotatable bonds is 3. The summed E-state index contributed by atoms with van der Waals surface area (Å²) in [6.45, 7) is 8.23. The van der Waals surface area contributed by atoms with Gasteiger partial charge in [-0.15, -0.1) is 0 Å². The maximum atomic E-state index is 12.2. The molecule has 0 aromatic carbocycles. The standard InChI is InChI=1S/C19H24O7/c1-9-15-14(25-11(3)21)7-19(4,23)13-6-5-12(8-24-10(2)20)16(13)17(15)26-18(9)22/h5,13-17,23H,1,6-8H2,2-4H3/t13?,14-,15+,16?,17-,19+/m0/s1. The third-order valence-corrected chi connectivity index (χ3v) is 5.68. The van der Waals surface area contributed by atoms with Crippen LogP contribution in [0.2, 0.25) is 0 Å². The first-order chi connectivity index (χ1) is 12.1. The van der Waals surface area contributed by atoms with E-state index in [1.54, 1.807) is 6.92 Å². The number of hydrogen-bond donors (Lipinski definition) is 1. The highest BCUT2D eigenvalue weighted by molar-refractivity contribution is 5.91. The lowest BCUT2D eigenvalue weighted by atomic mass is 9.76. The van der Waals surface area contributed by atoms with Crippen molar-refractivity contribution in [3.8, 4) is 0 Å². The molecule has 2 unspecified atom stereocenters. The summed E-state index contributed by atoms with van der Waals surface area (Å²) >= 11 is 0. The minimum absolute atomic E-state index is 0.0814. The van der Waals surface area contributed by atoms with E-state index >= 15 is 0 Å². The Balaban J connectivity index is 1.99. The zero-order chi connectivity index (χ0) is 19.2. The lowest BCUT2D eigenvalue weighted by molar-refractivity contribution is -0.152. The number of ether oxygens (including phenoxy) is 3. The van der Waals surface area contributed by atoms with E-state index < -0.39 is 41.6 Å². The largest absolute Gasteiger partial charge is 0.462 e. The fraction of sp³-hybridized carbons (Fsp3) is 0.632. The lowest BCUT2D eigenvalue weighted by Crippen LogP contribution is -2.41. The quantitative estimate of drug-likeness (QED) is 0.349. The Morgan fingerprint density at radius 1 is 1.35 bits per heavy atom. The molecule has 0 aromatic heterocycles. The van der Waals surface area contributed by atoms with Crippen LogP contribution in [0.5, 0.6) is 0 Å². The second-order valence-electron chi connectivity index (χ2n) is 7.56. The van der Waals surface area contributed by atoms with Gasteiger partial charge in [-0.05, 0) is 18.9 Å². The highest BCUT2D eigenvalue weighted by Gasteiger charge is 2.59. The average molecular weight is 364 g/mol. The first kappa shape index (κ1) is 18.6. The summed E-state index contributed by atoms with van der Waals surface area (Å²) < 4.78 is 16.2. The minimum Gasteiger partial charge on any atom is -0.462 e. The topological polar surface area (TPSA) is 99.1 Å². The van der Waals surface area contributed by atoms with Crippen molar-refractivity contribution in [3.63, 3.8) is 0 Å². The van der Waals surface area contributed by atoms with Gasteiger partial charge in [0.05, 0.1) is 11.5 Å². The Labute approximate surface area is 152 Å². The molecule has 1 saturated carbocycles. The van der Waals surface area contributed by atoms with E-state index in [-0.39, 0.29) is 30.4 Å². The van der Waals surface area contributed by atoms with Gasteiger partial charge in [0.15, 0.2) is 0 Å². The lowest BCUT2D eigenvalue weighted by Gasteiger charge is -2.35. The van der Waals surface area contributed by atoms with Crippen molar-refractivity contribution in [1.29, 1.82) is 0 Å². The van der Waals surface area contributed by atoms with Crippen molar-refractivity contribution in [2.24, 2.45) is 17.8 Å². The minimum atomic E-state index is -1.14. The smallest absolute Gasteiger partial charge is 0.334 e. The van der Waals surface area contributed by atoms with Gasteiger partial charge >= 0.3 is 17.9 Å². The number of hydrogen-bond acceptors (Lipinski definition) is 7. The molecule has 2 aliphatic carbocycles. The summed E-state index contributed by atoms with van der Waals surface area (Å²) in [5.74, 6) is -2.50. The summed E-state index contributed by atoms with van der Waals surface area (Å²) in [7, 11) is 0. The highest BCUT2D eigenvalue weighted by atomic mass is 16.6. The van der Waals surface area contributed by atoms with E-state index in [1.165, 1.54) is 13.8 Å². The maximum absolute atomic E-state index is 12.2. The van der Waals surface area contributed by atoms with Crippen molar-refractivity contribution in [2.75, 3.05) is 6.61 Å². The Hall–Kier alpha value is -2.15. The first-order valence-electron chi connectivity index (χ1n) is 8.73. The summed E-state index contributed by atoms with van der Waals surface area (Å²) in [6, 6.07) is 0. The SMILES string of the molecule is C=C1C(=O)O[C@@H]2C3C(COC(C)=O)=CCC3[C@](C)(O)C[C@H](OC(C)=O)[C@@H]12. The Morgan fingerprint density at radius 3 is 2.65 bits per heavy atom. The van der Waals surface area contributed by atoms with Crippen LogP contribution in [-0.4, -0.2) is 47.4 Å². The molecule has 0 spiro atoms. The van der Waals surface area contributed by atoms with Crippen LogP contribution < -0.4 is 0 Å². The molecule has 2 fully saturated rings. The average Bonchev–Trinajstić information content (AvgIpc) is 3.03. The maximum Gasteiger partial charge on any atom is 0.334 e. The molecule has 7 heteroatoms. The molecule has 1 aliphatic heterocycles. The molecular formula is C19H24O7.